The van der Waals surface area contributed by atoms with Crippen LogP contribution in [0.4, 0.5) is 0 Å². The third kappa shape index (κ3) is 3.45. The van der Waals surface area contributed by atoms with E-state index in [9.17, 15) is 5.11 Å². The molecule has 1 aromatic rings. The number of aliphatic hydroxyl groups is 1. The van der Waals surface area contributed by atoms with Gasteiger partial charge in [-0.1, -0.05) is 26.0 Å². The van der Waals surface area contributed by atoms with Gasteiger partial charge in [0.1, 0.15) is 11.4 Å². The Morgan fingerprint density at radius 3 is 2.12 bits per heavy atom. The molecule has 0 saturated carbocycles. The fourth-order valence-electron chi connectivity index (χ4n) is 1.84. The number of methoxy groups -OCH3 is 1. The van der Waals surface area contributed by atoms with E-state index in [1.54, 1.807) is 7.11 Å². The normalized spacial score (nSPS) is 16.6. The molecular weight excluding hydrogens is 214 g/mol. The highest BCUT2D eigenvalue weighted by Gasteiger charge is 2.30. The Hall–Kier alpha value is -1.06. The minimum absolute atomic E-state index is 0.0177. The average molecular weight is 237 g/mol. The second kappa shape index (κ2) is 5.52. The number of benzene rings is 1. The van der Waals surface area contributed by atoms with E-state index < -0.39 is 5.60 Å². The van der Waals surface area contributed by atoms with Crippen LogP contribution in [0.25, 0.3) is 0 Å². The highest BCUT2D eigenvalue weighted by Crippen LogP contribution is 2.26. The third-order valence-corrected chi connectivity index (χ3v) is 3.10. The smallest absolute Gasteiger partial charge is 0.118 e. The highest BCUT2D eigenvalue weighted by molar-refractivity contribution is 5.31. The topological polar surface area (TPSA) is 41.5 Å². The molecule has 1 aromatic carbocycles. The maximum absolute atomic E-state index is 10.6. The molecule has 17 heavy (non-hydrogen) atoms. The van der Waals surface area contributed by atoms with Crippen molar-refractivity contribution in [3.05, 3.63) is 29.8 Å². The lowest BCUT2D eigenvalue weighted by molar-refractivity contribution is 0.0186. The summed E-state index contributed by atoms with van der Waals surface area (Å²) >= 11 is 0. The van der Waals surface area contributed by atoms with E-state index in [2.05, 4.69) is 19.2 Å². The molecule has 1 rings (SSSR count). The lowest BCUT2D eigenvalue weighted by Gasteiger charge is -2.33. The maximum atomic E-state index is 10.6. The molecule has 2 N–H and O–H groups in total. The van der Waals surface area contributed by atoms with Gasteiger partial charge in [0.2, 0.25) is 0 Å². The molecule has 0 spiro atoms. The van der Waals surface area contributed by atoms with Gasteiger partial charge in [0.15, 0.2) is 0 Å². The van der Waals surface area contributed by atoms with Crippen molar-refractivity contribution in [3.63, 3.8) is 0 Å². The van der Waals surface area contributed by atoms with E-state index in [-0.39, 0.29) is 6.04 Å². The van der Waals surface area contributed by atoms with E-state index >= 15 is 0 Å². The molecule has 3 heteroatoms. The summed E-state index contributed by atoms with van der Waals surface area (Å²) in [5.74, 6) is 0.800. The molecule has 0 aliphatic rings. The summed E-state index contributed by atoms with van der Waals surface area (Å²) < 4.78 is 5.11. The highest BCUT2D eigenvalue weighted by atomic mass is 16.5. The van der Waals surface area contributed by atoms with Crippen molar-refractivity contribution < 1.29 is 9.84 Å². The first-order valence-corrected chi connectivity index (χ1v) is 6.01. The fourth-order valence-corrected chi connectivity index (χ4v) is 1.84. The molecule has 0 fully saturated rings. The lowest BCUT2D eigenvalue weighted by Crippen LogP contribution is -2.47. The van der Waals surface area contributed by atoms with Crippen LogP contribution < -0.4 is 10.1 Å². The summed E-state index contributed by atoms with van der Waals surface area (Å²) in [5.41, 5.74) is -0.00440. The molecular formula is C14H23NO2. The molecule has 0 heterocycles. The van der Waals surface area contributed by atoms with Gasteiger partial charge in [-0.15, -0.1) is 0 Å². The maximum Gasteiger partial charge on any atom is 0.118 e. The molecule has 2 atom stereocenters. The van der Waals surface area contributed by atoms with Gasteiger partial charge < -0.3 is 15.2 Å². The SMILES string of the molecule is COc1ccc([C@](C)(O)[C@H](C)NC(C)C)cc1. The Morgan fingerprint density at radius 1 is 1.18 bits per heavy atom. The molecule has 0 bridgehead atoms. The molecule has 0 aromatic heterocycles. The van der Waals surface area contributed by atoms with Crippen LogP contribution in [0.2, 0.25) is 0 Å². The van der Waals surface area contributed by atoms with E-state index in [1.807, 2.05) is 38.1 Å². The minimum Gasteiger partial charge on any atom is -0.497 e. The van der Waals surface area contributed by atoms with Crippen LogP contribution in [0.15, 0.2) is 24.3 Å². The van der Waals surface area contributed by atoms with Gasteiger partial charge in [0.25, 0.3) is 0 Å². The van der Waals surface area contributed by atoms with Crippen LogP contribution in [0, 0.1) is 0 Å². The van der Waals surface area contributed by atoms with Crippen LogP contribution in [-0.2, 0) is 5.60 Å². The number of hydrogen-bond donors (Lipinski definition) is 2. The molecule has 0 aliphatic carbocycles. The minimum atomic E-state index is -0.892. The molecule has 0 aliphatic heterocycles. The quantitative estimate of drug-likeness (QED) is 0.825. The second-order valence-electron chi connectivity index (χ2n) is 4.92. The van der Waals surface area contributed by atoms with Gasteiger partial charge in [0.05, 0.1) is 7.11 Å². The van der Waals surface area contributed by atoms with Crippen molar-refractivity contribution in [3.8, 4) is 5.75 Å². The summed E-state index contributed by atoms with van der Waals surface area (Å²) in [6.07, 6.45) is 0. The molecule has 0 saturated heterocycles. The Labute approximate surface area is 104 Å². The first kappa shape index (κ1) is 14.0. The molecule has 0 unspecified atom stereocenters. The zero-order valence-electron chi connectivity index (χ0n) is 11.3. The van der Waals surface area contributed by atoms with Crippen LogP contribution >= 0.6 is 0 Å². The number of nitrogens with one attached hydrogen (secondary N) is 1. The number of ether oxygens (including phenoxy) is 1. The molecule has 3 nitrogen and oxygen atoms in total. The molecule has 0 amide bonds. The van der Waals surface area contributed by atoms with E-state index in [4.69, 9.17) is 4.74 Å². The monoisotopic (exact) mass is 237 g/mol. The van der Waals surface area contributed by atoms with Gasteiger partial charge in [-0.2, -0.15) is 0 Å². The Morgan fingerprint density at radius 2 is 1.71 bits per heavy atom. The van der Waals surface area contributed by atoms with Crippen molar-refractivity contribution in [1.82, 2.24) is 5.32 Å². The van der Waals surface area contributed by atoms with Gasteiger partial charge in [-0.25, -0.2) is 0 Å². The first-order valence-electron chi connectivity index (χ1n) is 6.01. The summed E-state index contributed by atoms with van der Waals surface area (Å²) in [7, 11) is 1.64. The van der Waals surface area contributed by atoms with Gasteiger partial charge in [0, 0.05) is 12.1 Å². The molecule has 96 valence electrons. The van der Waals surface area contributed by atoms with Crippen molar-refractivity contribution in [2.45, 2.75) is 45.4 Å². The Kier molecular flexibility index (Phi) is 4.54. The standard InChI is InChI=1S/C14H23NO2/c1-10(2)15-11(3)14(4,16)12-6-8-13(17-5)9-7-12/h6-11,15-16H,1-5H3/t11-,14+/m0/s1. The number of hydrogen-bond acceptors (Lipinski definition) is 3. The van der Waals surface area contributed by atoms with E-state index in [0.717, 1.165) is 11.3 Å². The van der Waals surface area contributed by atoms with Gasteiger partial charge in [-0.3, -0.25) is 0 Å². The predicted octanol–water partition coefficient (Wildman–Crippen LogP) is 2.29. The van der Waals surface area contributed by atoms with Crippen molar-refractivity contribution in [1.29, 1.82) is 0 Å². The van der Waals surface area contributed by atoms with Crippen molar-refractivity contribution >= 4 is 0 Å². The van der Waals surface area contributed by atoms with Crippen molar-refractivity contribution in [2.75, 3.05) is 7.11 Å². The zero-order chi connectivity index (χ0) is 13.1. The summed E-state index contributed by atoms with van der Waals surface area (Å²) in [6, 6.07) is 7.86. The van der Waals surface area contributed by atoms with Gasteiger partial charge >= 0.3 is 0 Å². The fraction of sp³-hybridized carbons (Fsp3) is 0.571. The Balaban J connectivity index is 2.87. The summed E-state index contributed by atoms with van der Waals surface area (Å²) in [5, 5.41) is 13.9. The van der Waals surface area contributed by atoms with E-state index in [0.29, 0.717) is 6.04 Å². The summed E-state index contributed by atoms with van der Waals surface area (Å²) in [4.78, 5) is 0. The van der Waals surface area contributed by atoms with Crippen LogP contribution in [0.5, 0.6) is 5.75 Å². The van der Waals surface area contributed by atoms with Crippen LogP contribution in [-0.4, -0.2) is 24.3 Å². The zero-order valence-corrected chi connectivity index (χ0v) is 11.3. The van der Waals surface area contributed by atoms with Crippen LogP contribution in [0.1, 0.15) is 33.3 Å². The predicted molar refractivity (Wildman–Crippen MR) is 70.3 cm³/mol. The summed E-state index contributed by atoms with van der Waals surface area (Å²) in [6.45, 7) is 7.96. The Bertz CT molecular complexity index is 344. The third-order valence-electron chi connectivity index (χ3n) is 3.10. The van der Waals surface area contributed by atoms with E-state index in [1.165, 1.54) is 0 Å². The molecule has 0 radical (unpaired) electrons. The second-order valence-corrected chi connectivity index (χ2v) is 4.92. The van der Waals surface area contributed by atoms with Crippen LogP contribution in [0.3, 0.4) is 0 Å². The lowest BCUT2D eigenvalue weighted by atomic mass is 9.89. The number of rotatable bonds is 5. The van der Waals surface area contributed by atoms with Gasteiger partial charge in [-0.05, 0) is 31.5 Å². The first-order chi connectivity index (χ1) is 7.87. The average Bonchev–Trinajstić information content (AvgIpc) is 2.28. The van der Waals surface area contributed by atoms with Crippen molar-refractivity contribution in [2.24, 2.45) is 0 Å². The largest absolute Gasteiger partial charge is 0.497 e.